The Balaban J connectivity index is 1.35. The standard InChI is InChI=1S/C37H33F3N4O3/c1-3-4-21-43(23-37(38,39)40)36(46)34-28-16-9-8-15-26(28)27-18-12-19-30(33(27)34)44-22-32(41-24(44)2)42-35(45)29-17-10-11-20-31(29)47-25-13-6-5-7-14-25/h5-20,22,34H,3-4,21,23H2,1-2H3,(H,42,45). The second-order valence-corrected chi connectivity index (χ2v) is 11.4. The largest absolute Gasteiger partial charge is 0.457 e. The minimum Gasteiger partial charge on any atom is -0.457 e. The van der Waals surface area contributed by atoms with E-state index >= 15 is 0 Å². The molecule has 47 heavy (non-hydrogen) atoms. The molecule has 0 aliphatic heterocycles. The normalized spacial score (nSPS) is 13.5. The van der Waals surface area contributed by atoms with Crippen LogP contribution in [0.15, 0.2) is 103 Å². The third-order valence-corrected chi connectivity index (χ3v) is 8.13. The summed E-state index contributed by atoms with van der Waals surface area (Å²) < 4.78 is 48.8. The number of hydrogen-bond acceptors (Lipinski definition) is 4. The molecule has 1 N–H and O–H groups in total. The van der Waals surface area contributed by atoms with Crippen molar-refractivity contribution < 1.29 is 27.5 Å². The summed E-state index contributed by atoms with van der Waals surface area (Å²) in [6.45, 7) is 2.32. The maximum Gasteiger partial charge on any atom is 0.406 e. The number of aromatic nitrogens is 2. The number of anilines is 1. The van der Waals surface area contributed by atoms with E-state index < -0.39 is 30.5 Å². The molecular weight excluding hydrogens is 605 g/mol. The topological polar surface area (TPSA) is 76.5 Å². The fourth-order valence-electron chi connectivity index (χ4n) is 6.04. The molecule has 1 unspecified atom stereocenters. The number of carbonyl (C=O) groups is 2. The number of para-hydroxylation sites is 2. The summed E-state index contributed by atoms with van der Waals surface area (Å²) in [5, 5.41) is 2.85. The van der Waals surface area contributed by atoms with Gasteiger partial charge >= 0.3 is 6.18 Å². The number of halogens is 3. The SMILES string of the molecule is CCCCN(CC(F)(F)F)C(=O)C1c2ccccc2-c2cccc(-n3cc(NC(=O)c4ccccc4Oc4ccccc4)nc3C)c21. The second-order valence-electron chi connectivity index (χ2n) is 11.4. The lowest BCUT2D eigenvalue weighted by atomic mass is 9.93. The maximum absolute atomic E-state index is 14.1. The molecule has 1 atom stereocenters. The number of benzene rings is 4. The van der Waals surface area contributed by atoms with Crippen LogP contribution in [-0.4, -0.2) is 45.5 Å². The quantitative estimate of drug-likeness (QED) is 0.166. The van der Waals surface area contributed by atoms with Crippen LogP contribution in [0.2, 0.25) is 0 Å². The number of fused-ring (bicyclic) bond motifs is 3. The van der Waals surface area contributed by atoms with Crippen LogP contribution < -0.4 is 10.1 Å². The number of alkyl halides is 3. The van der Waals surface area contributed by atoms with Gasteiger partial charge in [-0.15, -0.1) is 0 Å². The van der Waals surface area contributed by atoms with E-state index in [4.69, 9.17) is 4.74 Å². The van der Waals surface area contributed by atoms with Crippen LogP contribution >= 0.6 is 0 Å². The predicted molar refractivity (Wildman–Crippen MR) is 174 cm³/mol. The number of aryl methyl sites for hydroxylation is 1. The highest BCUT2D eigenvalue weighted by molar-refractivity contribution is 6.06. The zero-order chi connectivity index (χ0) is 33.1. The number of unbranched alkanes of at least 4 members (excludes halogenated alkanes) is 1. The molecule has 1 aliphatic rings. The van der Waals surface area contributed by atoms with E-state index in [-0.39, 0.29) is 12.4 Å². The average molecular weight is 639 g/mol. The summed E-state index contributed by atoms with van der Waals surface area (Å²) in [4.78, 5) is 33.1. The van der Waals surface area contributed by atoms with Crippen molar-refractivity contribution in [2.24, 2.45) is 0 Å². The van der Waals surface area contributed by atoms with Crippen molar-refractivity contribution in [3.05, 3.63) is 126 Å². The van der Waals surface area contributed by atoms with Gasteiger partial charge in [-0.2, -0.15) is 13.2 Å². The smallest absolute Gasteiger partial charge is 0.406 e. The number of ether oxygens (including phenoxy) is 1. The average Bonchev–Trinajstić information content (AvgIpc) is 3.59. The third kappa shape index (κ3) is 6.63. The molecule has 0 saturated heterocycles. The number of nitrogens with one attached hydrogen (secondary N) is 1. The molecule has 2 amide bonds. The van der Waals surface area contributed by atoms with Crippen LogP contribution in [0.25, 0.3) is 16.8 Å². The molecule has 5 aromatic rings. The maximum atomic E-state index is 14.1. The van der Waals surface area contributed by atoms with Gasteiger partial charge in [-0.1, -0.05) is 80.1 Å². The molecule has 0 saturated carbocycles. The Morgan fingerprint density at radius 3 is 2.38 bits per heavy atom. The molecule has 7 nitrogen and oxygen atoms in total. The fourth-order valence-corrected chi connectivity index (χ4v) is 6.04. The van der Waals surface area contributed by atoms with Gasteiger partial charge in [-0.05, 0) is 60.4 Å². The summed E-state index contributed by atoms with van der Waals surface area (Å²) in [5.41, 5.74) is 3.73. The van der Waals surface area contributed by atoms with Gasteiger partial charge in [0.25, 0.3) is 5.91 Å². The molecule has 1 heterocycles. The minimum atomic E-state index is -4.54. The van der Waals surface area contributed by atoms with E-state index in [1.807, 2.05) is 55.5 Å². The van der Waals surface area contributed by atoms with Crippen LogP contribution in [0.5, 0.6) is 11.5 Å². The van der Waals surface area contributed by atoms with Gasteiger partial charge in [0.15, 0.2) is 5.82 Å². The number of hydrogen-bond donors (Lipinski definition) is 1. The molecule has 6 rings (SSSR count). The molecule has 1 aromatic heterocycles. The first kappa shape index (κ1) is 31.6. The van der Waals surface area contributed by atoms with Crippen molar-refractivity contribution in [1.29, 1.82) is 0 Å². The van der Waals surface area contributed by atoms with Crippen LogP contribution in [-0.2, 0) is 4.79 Å². The molecular formula is C37H33F3N4O3. The van der Waals surface area contributed by atoms with Gasteiger partial charge in [0.05, 0.1) is 23.4 Å². The Morgan fingerprint density at radius 1 is 0.915 bits per heavy atom. The highest BCUT2D eigenvalue weighted by atomic mass is 19.4. The molecule has 0 bridgehead atoms. The lowest BCUT2D eigenvalue weighted by Gasteiger charge is -2.28. The molecule has 0 fully saturated rings. The van der Waals surface area contributed by atoms with E-state index in [1.165, 1.54) is 0 Å². The second kappa shape index (κ2) is 13.2. The van der Waals surface area contributed by atoms with Crippen LogP contribution in [0.3, 0.4) is 0 Å². The van der Waals surface area contributed by atoms with Gasteiger partial charge in [-0.3, -0.25) is 9.59 Å². The van der Waals surface area contributed by atoms with Gasteiger partial charge in [0.1, 0.15) is 23.9 Å². The van der Waals surface area contributed by atoms with Crippen molar-refractivity contribution in [3.8, 4) is 28.3 Å². The summed E-state index contributed by atoms with van der Waals surface area (Å²) >= 11 is 0. The van der Waals surface area contributed by atoms with Gasteiger partial charge in [-0.25, -0.2) is 4.98 Å². The highest BCUT2D eigenvalue weighted by Crippen LogP contribution is 2.48. The van der Waals surface area contributed by atoms with Gasteiger partial charge < -0.3 is 19.5 Å². The molecule has 0 spiro atoms. The Bertz CT molecular complexity index is 1920. The van der Waals surface area contributed by atoms with E-state index in [1.54, 1.807) is 66.2 Å². The Kier molecular flexibility index (Phi) is 8.84. The monoisotopic (exact) mass is 638 g/mol. The Labute approximate surface area is 270 Å². The van der Waals surface area contributed by atoms with Crippen molar-refractivity contribution in [2.75, 3.05) is 18.4 Å². The van der Waals surface area contributed by atoms with E-state index in [0.717, 1.165) is 16.0 Å². The predicted octanol–water partition coefficient (Wildman–Crippen LogP) is 8.53. The zero-order valence-electron chi connectivity index (χ0n) is 25.9. The summed E-state index contributed by atoms with van der Waals surface area (Å²) in [6, 6.07) is 28.9. The van der Waals surface area contributed by atoms with Crippen molar-refractivity contribution >= 4 is 17.6 Å². The van der Waals surface area contributed by atoms with E-state index in [9.17, 15) is 22.8 Å². The van der Waals surface area contributed by atoms with Crippen LogP contribution in [0, 0.1) is 6.92 Å². The van der Waals surface area contributed by atoms with Crippen molar-refractivity contribution in [1.82, 2.24) is 14.5 Å². The van der Waals surface area contributed by atoms with Crippen LogP contribution in [0.4, 0.5) is 19.0 Å². The minimum absolute atomic E-state index is 0.000748. The molecule has 4 aromatic carbocycles. The van der Waals surface area contributed by atoms with E-state index in [2.05, 4.69) is 10.3 Å². The molecule has 1 aliphatic carbocycles. The van der Waals surface area contributed by atoms with E-state index in [0.29, 0.717) is 52.5 Å². The molecule has 0 radical (unpaired) electrons. The van der Waals surface area contributed by atoms with Crippen LogP contribution in [0.1, 0.15) is 53.0 Å². The number of nitrogens with zero attached hydrogens (tertiary/aromatic N) is 3. The number of carbonyl (C=O) groups excluding carboxylic acids is 2. The van der Waals surface area contributed by atoms with Gasteiger partial charge in [0, 0.05) is 12.1 Å². The lowest BCUT2D eigenvalue weighted by molar-refractivity contribution is -0.161. The molecule has 10 heteroatoms. The summed E-state index contributed by atoms with van der Waals surface area (Å²) in [7, 11) is 0. The Morgan fingerprint density at radius 2 is 1.62 bits per heavy atom. The first-order valence-corrected chi connectivity index (χ1v) is 15.4. The fraction of sp³-hybridized carbons (Fsp3) is 0.216. The van der Waals surface area contributed by atoms with Crippen molar-refractivity contribution in [3.63, 3.8) is 0 Å². The number of imidazole rings is 1. The zero-order valence-corrected chi connectivity index (χ0v) is 25.9. The molecule has 240 valence electrons. The highest BCUT2D eigenvalue weighted by Gasteiger charge is 2.41. The van der Waals surface area contributed by atoms with Crippen molar-refractivity contribution in [2.45, 2.75) is 38.8 Å². The first-order chi connectivity index (χ1) is 22.6. The first-order valence-electron chi connectivity index (χ1n) is 15.4. The number of rotatable bonds is 10. The third-order valence-electron chi connectivity index (χ3n) is 8.13. The number of amides is 2. The summed E-state index contributed by atoms with van der Waals surface area (Å²) in [5.74, 6) is -0.242. The Hall–Kier alpha value is -5.38. The summed E-state index contributed by atoms with van der Waals surface area (Å²) in [6.07, 6.45) is -1.79. The lowest BCUT2D eigenvalue weighted by Crippen LogP contribution is -2.42. The van der Waals surface area contributed by atoms with Gasteiger partial charge in [0.2, 0.25) is 5.91 Å².